The predicted octanol–water partition coefficient (Wildman–Crippen LogP) is 2.35. The smallest absolute Gasteiger partial charge is 0.323 e. The first-order chi connectivity index (χ1) is 9.67. The Morgan fingerprint density at radius 1 is 1.43 bits per heavy atom. The van der Waals surface area contributed by atoms with Gasteiger partial charge in [0.05, 0.1) is 7.11 Å². The molecule has 118 valence electrons. The summed E-state index contributed by atoms with van der Waals surface area (Å²) in [5.41, 5.74) is 0. The lowest BCUT2D eigenvalue weighted by Crippen LogP contribution is -2.42. The van der Waals surface area contributed by atoms with E-state index in [0.717, 1.165) is 19.2 Å². The minimum atomic E-state index is -4.19. The Bertz CT molecular complexity index is 619. The van der Waals surface area contributed by atoms with Gasteiger partial charge in [0, 0.05) is 5.02 Å². The van der Waals surface area contributed by atoms with Crippen molar-refractivity contribution in [3.05, 3.63) is 29.0 Å². The molecule has 0 fully saturated rings. The fraction of sp³-hybridized carbons (Fsp3) is 0.462. The molecule has 5 nitrogen and oxygen atoms in total. The maximum Gasteiger partial charge on any atom is 0.323 e. The van der Waals surface area contributed by atoms with Crippen LogP contribution in [0.5, 0.6) is 0 Å². The molecular weight excluding hydrogens is 321 g/mol. The van der Waals surface area contributed by atoms with Crippen molar-refractivity contribution in [1.29, 1.82) is 0 Å². The van der Waals surface area contributed by atoms with Crippen molar-refractivity contribution in [2.45, 2.75) is 31.2 Å². The van der Waals surface area contributed by atoms with Crippen molar-refractivity contribution in [1.82, 2.24) is 4.72 Å². The van der Waals surface area contributed by atoms with Gasteiger partial charge in [-0.25, -0.2) is 12.8 Å². The van der Waals surface area contributed by atoms with Crippen molar-refractivity contribution in [3.8, 4) is 0 Å². The molecule has 0 spiro atoms. The minimum Gasteiger partial charge on any atom is -0.468 e. The van der Waals surface area contributed by atoms with E-state index in [1.54, 1.807) is 0 Å². The number of benzene rings is 1. The Morgan fingerprint density at radius 3 is 2.52 bits per heavy atom. The van der Waals surface area contributed by atoms with Crippen LogP contribution >= 0.6 is 11.6 Å². The quantitative estimate of drug-likeness (QED) is 0.809. The Balaban J connectivity index is 3.08. The van der Waals surface area contributed by atoms with Gasteiger partial charge in [0.25, 0.3) is 0 Å². The van der Waals surface area contributed by atoms with E-state index in [1.165, 1.54) is 6.07 Å². The summed E-state index contributed by atoms with van der Waals surface area (Å²) < 4.78 is 44.8. The highest BCUT2D eigenvalue weighted by Gasteiger charge is 2.28. The second kappa shape index (κ2) is 7.20. The highest BCUT2D eigenvalue weighted by Crippen LogP contribution is 2.20. The van der Waals surface area contributed by atoms with E-state index in [4.69, 9.17) is 11.6 Å². The molecule has 8 heteroatoms. The molecule has 0 saturated carbocycles. The molecule has 0 amide bonds. The van der Waals surface area contributed by atoms with E-state index in [2.05, 4.69) is 9.46 Å². The van der Waals surface area contributed by atoms with E-state index < -0.39 is 32.7 Å². The maximum absolute atomic E-state index is 13.7. The standard InChI is InChI=1S/C13H17ClFNO4S/c1-8(2)6-11(13(17)20-3)16-21(18,19)12-5-4-9(14)7-10(12)15/h4-5,7-8,11,16H,6H2,1-3H3/t11-/m1/s1. The molecule has 0 aliphatic heterocycles. The van der Waals surface area contributed by atoms with Crippen LogP contribution in [0.25, 0.3) is 0 Å². The third-order valence-electron chi connectivity index (χ3n) is 2.67. The molecule has 0 radical (unpaired) electrons. The molecule has 1 aromatic rings. The number of hydrogen-bond donors (Lipinski definition) is 1. The van der Waals surface area contributed by atoms with E-state index >= 15 is 0 Å². The van der Waals surface area contributed by atoms with Crippen molar-refractivity contribution in [2.75, 3.05) is 7.11 Å². The summed E-state index contributed by atoms with van der Waals surface area (Å²) in [6, 6.07) is 2.12. The highest BCUT2D eigenvalue weighted by molar-refractivity contribution is 7.89. The summed E-state index contributed by atoms with van der Waals surface area (Å²) in [6.45, 7) is 3.65. The number of carbonyl (C=O) groups is 1. The first-order valence-corrected chi connectivity index (χ1v) is 8.08. The highest BCUT2D eigenvalue weighted by atomic mass is 35.5. The van der Waals surface area contributed by atoms with Gasteiger partial charge >= 0.3 is 5.97 Å². The van der Waals surface area contributed by atoms with Gasteiger partial charge < -0.3 is 4.74 Å². The molecule has 1 rings (SSSR count). The fourth-order valence-corrected chi connectivity index (χ4v) is 3.17. The van der Waals surface area contributed by atoms with Crippen LogP contribution in [-0.2, 0) is 19.6 Å². The molecule has 21 heavy (non-hydrogen) atoms. The number of sulfonamides is 1. The molecule has 0 bridgehead atoms. The first-order valence-electron chi connectivity index (χ1n) is 6.22. The monoisotopic (exact) mass is 337 g/mol. The minimum absolute atomic E-state index is 0.0480. The van der Waals surface area contributed by atoms with Gasteiger partial charge in [0.1, 0.15) is 16.8 Å². The van der Waals surface area contributed by atoms with Crippen LogP contribution in [0.3, 0.4) is 0 Å². The van der Waals surface area contributed by atoms with Crippen LogP contribution in [0, 0.1) is 11.7 Å². The summed E-state index contributed by atoms with van der Waals surface area (Å²) >= 11 is 5.59. The van der Waals surface area contributed by atoms with Gasteiger partial charge in [-0.05, 0) is 30.5 Å². The van der Waals surface area contributed by atoms with E-state index in [0.29, 0.717) is 0 Å². The molecule has 0 aliphatic rings. The SMILES string of the molecule is COC(=O)[C@@H](CC(C)C)NS(=O)(=O)c1ccc(Cl)cc1F. The average molecular weight is 338 g/mol. The summed E-state index contributed by atoms with van der Waals surface area (Å²) in [5, 5.41) is 0.0816. The van der Waals surface area contributed by atoms with Gasteiger partial charge in [-0.15, -0.1) is 0 Å². The first kappa shape index (κ1) is 17.9. The molecule has 0 saturated heterocycles. The second-order valence-electron chi connectivity index (χ2n) is 4.90. The van der Waals surface area contributed by atoms with E-state index in [1.807, 2.05) is 13.8 Å². The third kappa shape index (κ3) is 4.94. The molecular formula is C13H17ClFNO4S. The lowest BCUT2D eigenvalue weighted by atomic mass is 10.1. The van der Waals surface area contributed by atoms with Crippen LogP contribution in [0.2, 0.25) is 5.02 Å². The van der Waals surface area contributed by atoms with Gasteiger partial charge in [-0.2, -0.15) is 4.72 Å². The Morgan fingerprint density at radius 2 is 2.05 bits per heavy atom. The zero-order valence-electron chi connectivity index (χ0n) is 11.9. The molecule has 1 atom stereocenters. The number of carbonyl (C=O) groups excluding carboxylic acids is 1. The molecule has 0 unspecified atom stereocenters. The van der Waals surface area contributed by atoms with Crippen LogP contribution in [-0.4, -0.2) is 27.5 Å². The molecule has 0 heterocycles. The van der Waals surface area contributed by atoms with Gasteiger partial charge in [-0.1, -0.05) is 25.4 Å². The average Bonchev–Trinajstić information content (AvgIpc) is 2.35. The Labute approximate surface area is 128 Å². The molecule has 1 N–H and O–H groups in total. The zero-order valence-corrected chi connectivity index (χ0v) is 13.5. The largest absolute Gasteiger partial charge is 0.468 e. The summed E-state index contributed by atoms with van der Waals surface area (Å²) in [5.74, 6) is -1.66. The topological polar surface area (TPSA) is 72.5 Å². The summed E-state index contributed by atoms with van der Waals surface area (Å²) in [6.07, 6.45) is 0.237. The van der Waals surface area contributed by atoms with Crippen molar-refractivity contribution >= 4 is 27.6 Å². The van der Waals surface area contributed by atoms with Gasteiger partial charge in [0.15, 0.2) is 0 Å². The summed E-state index contributed by atoms with van der Waals surface area (Å²) in [4.78, 5) is 11.1. The number of nitrogens with one attached hydrogen (secondary N) is 1. The van der Waals surface area contributed by atoms with Crippen molar-refractivity contribution in [2.24, 2.45) is 5.92 Å². The van der Waals surface area contributed by atoms with Gasteiger partial charge in [-0.3, -0.25) is 4.79 Å². The second-order valence-corrected chi connectivity index (χ2v) is 7.02. The maximum atomic E-state index is 13.7. The Kier molecular flexibility index (Phi) is 6.12. The molecule has 0 aromatic heterocycles. The van der Waals surface area contributed by atoms with Crippen LogP contribution in [0.4, 0.5) is 4.39 Å². The number of methoxy groups -OCH3 is 1. The van der Waals surface area contributed by atoms with E-state index in [9.17, 15) is 17.6 Å². The predicted molar refractivity (Wildman–Crippen MR) is 77.0 cm³/mol. The number of ether oxygens (including phenoxy) is 1. The number of halogens is 2. The van der Waals surface area contributed by atoms with Gasteiger partial charge in [0.2, 0.25) is 10.0 Å². The van der Waals surface area contributed by atoms with E-state index in [-0.39, 0.29) is 17.4 Å². The lowest BCUT2D eigenvalue weighted by Gasteiger charge is -2.18. The van der Waals surface area contributed by atoms with Crippen LogP contribution in [0.1, 0.15) is 20.3 Å². The molecule has 1 aromatic carbocycles. The van der Waals surface area contributed by atoms with Crippen LogP contribution in [0.15, 0.2) is 23.1 Å². The number of esters is 1. The normalized spacial score (nSPS) is 13.2. The zero-order chi connectivity index (χ0) is 16.2. The molecule has 0 aliphatic carbocycles. The van der Waals surface area contributed by atoms with Crippen LogP contribution < -0.4 is 4.72 Å². The fourth-order valence-electron chi connectivity index (χ4n) is 1.75. The number of hydrogen-bond acceptors (Lipinski definition) is 4. The lowest BCUT2D eigenvalue weighted by molar-refractivity contribution is -0.143. The summed E-state index contributed by atoms with van der Waals surface area (Å²) in [7, 11) is -3.03. The third-order valence-corrected chi connectivity index (χ3v) is 4.41. The number of rotatable bonds is 6. The van der Waals surface area contributed by atoms with Crippen molar-refractivity contribution < 1.29 is 22.3 Å². The van der Waals surface area contributed by atoms with Crippen molar-refractivity contribution in [3.63, 3.8) is 0 Å². The Hall–Kier alpha value is -1.18.